The number of nitrogens with one attached hydrogen (secondary N) is 1. The van der Waals surface area contributed by atoms with Crippen LogP contribution < -0.4 is 11.1 Å². The fourth-order valence-corrected chi connectivity index (χ4v) is 2.61. The van der Waals surface area contributed by atoms with Gasteiger partial charge in [-0.25, -0.2) is 0 Å². The van der Waals surface area contributed by atoms with Crippen molar-refractivity contribution in [2.45, 2.75) is 25.4 Å². The van der Waals surface area contributed by atoms with E-state index in [2.05, 4.69) is 10.2 Å². The van der Waals surface area contributed by atoms with Crippen LogP contribution in [0.25, 0.3) is 0 Å². The highest BCUT2D eigenvalue weighted by atomic mass is 35.5. The average molecular weight is 282 g/mol. The number of likely N-dealkylation sites (tertiary alicyclic amines) is 1. The number of benzene rings is 1. The number of primary amides is 1. The molecule has 1 aromatic rings. The summed E-state index contributed by atoms with van der Waals surface area (Å²) >= 11 is 6.12. The number of nitrogens with two attached hydrogens (primary N) is 1. The molecule has 1 amide bonds. The maximum atomic E-state index is 10.8. The summed E-state index contributed by atoms with van der Waals surface area (Å²) in [4.78, 5) is 13.0. The number of amides is 1. The summed E-state index contributed by atoms with van der Waals surface area (Å²) in [7, 11) is 0. The highest BCUT2D eigenvalue weighted by Gasteiger charge is 2.19. The predicted molar refractivity (Wildman–Crippen MR) is 76.9 cm³/mol. The molecule has 0 bridgehead atoms. The second-order valence-corrected chi connectivity index (χ2v) is 5.40. The number of carbonyl (C=O) groups excluding carboxylic acids is 1. The van der Waals surface area contributed by atoms with Gasteiger partial charge in [0, 0.05) is 30.7 Å². The first-order chi connectivity index (χ1) is 9.15. The molecule has 1 saturated heterocycles. The van der Waals surface area contributed by atoms with E-state index in [4.69, 9.17) is 17.3 Å². The molecular formula is C14H20ClN3O. The van der Waals surface area contributed by atoms with Crippen molar-refractivity contribution >= 4 is 17.5 Å². The molecule has 1 fully saturated rings. The molecule has 0 atom stereocenters. The maximum absolute atomic E-state index is 10.8. The highest BCUT2D eigenvalue weighted by molar-refractivity contribution is 6.31. The first-order valence-electron chi connectivity index (χ1n) is 6.62. The van der Waals surface area contributed by atoms with Gasteiger partial charge in [-0.1, -0.05) is 29.8 Å². The minimum Gasteiger partial charge on any atom is -0.369 e. The molecule has 0 aromatic heterocycles. The van der Waals surface area contributed by atoms with Crippen LogP contribution in [0.4, 0.5) is 0 Å². The Kier molecular flexibility index (Phi) is 5.19. The third-order valence-corrected chi connectivity index (χ3v) is 3.87. The van der Waals surface area contributed by atoms with Crippen molar-refractivity contribution in [1.29, 1.82) is 0 Å². The third kappa shape index (κ3) is 4.49. The van der Waals surface area contributed by atoms with Crippen LogP contribution in [-0.2, 0) is 11.3 Å². The van der Waals surface area contributed by atoms with E-state index in [1.807, 2.05) is 24.3 Å². The normalized spacial score (nSPS) is 17.5. The molecule has 0 spiro atoms. The van der Waals surface area contributed by atoms with Gasteiger partial charge in [0.05, 0.1) is 6.54 Å². The van der Waals surface area contributed by atoms with Crippen LogP contribution in [0, 0.1) is 0 Å². The molecule has 1 aromatic carbocycles. The summed E-state index contributed by atoms with van der Waals surface area (Å²) in [5.41, 5.74) is 6.33. The highest BCUT2D eigenvalue weighted by Crippen LogP contribution is 2.16. The van der Waals surface area contributed by atoms with Crippen LogP contribution in [0.3, 0.4) is 0 Å². The zero-order chi connectivity index (χ0) is 13.7. The zero-order valence-corrected chi connectivity index (χ0v) is 11.7. The molecule has 1 aliphatic heterocycles. The molecule has 5 heteroatoms. The average Bonchev–Trinajstić information content (AvgIpc) is 2.39. The number of carbonyl (C=O) groups is 1. The largest absolute Gasteiger partial charge is 0.369 e. The lowest BCUT2D eigenvalue weighted by Gasteiger charge is -2.31. The summed E-state index contributed by atoms with van der Waals surface area (Å²) < 4.78 is 0. The molecule has 0 unspecified atom stereocenters. The number of rotatable bonds is 5. The quantitative estimate of drug-likeness (QED) is 0.857. The van der Waals surface area contributed by atoms with Crippen LogP contribution in [0.15, 0.2) is 24.3 Å². The van der Waals surface area contributed by atoms with E-state index in [0.29, 0.717) is 12.6 Å². The Bertz CT molecular complexity index is 430. The number of nitrogens with zero attached hydrogens (tertiary/aromatic N) is 1. The van der Waals surface area contributed by atoms with Crippen LogP contribution in [0.5, 0.6) is 0 Å². The topological polar surface area (TPSA) is 58.4 Å². The first kappa shape index (κ1) is 14.3. The first-order valence-corrected chi connectivity index (χ1v) is 7.00. The Hall–Kier alpha value is -1.10. The molecular weight excluding hydrogens is 262 g/mol. The number of hydrogen-bond acceptors (Lipinski definition) is 3. The molecule has 2 rings (SSSR count). The van der Waals surface area contributed by atoms with Gasteiger partial charge in [0.2, 0.25) is 5.91 Å². The Morgan fingerprint density at radius 1 is 1.37 bits per heavy atom. The van der Waals surface area contributed by atoms with Crippen LogP contribution in [0.2, 0.25) is 5.02 Å². The van der Waals surface area contributed by atoms with Gasteiger partial charge in [0.15, 0.2) is 0 Å². The summed E-state index contributed by atoms with van der Waals surface area (Å²) in [6.07, 6.45) is 2.08. The van der Waals surface area contributed by atoms with E-state index in [1.165, 1.54) is 0 Å². The molecule has 19 heavy (non-hydrogen) atoms. The fraction of sp³-hybridized carbons (Fsp3) is 0.500. The van der Waals surface area contributed by atoms with Gasteiger partial charge < -0.3 is 11.1 Å². The van der Waals surface area contributed by atoms with Crippen LogP contribution >= 0.6 is 11.6 Å². The Labute approximate surface area is 118 Å². The second-order valence-electron chi connectivity index (χ2n) is 4.99. The van der Waals surface area contributed by atoms with Gasteiger partial charge in [0.25, 0.3) is 0 Å². The molecule has 3 N–H and O–H groups in total. The van der Waals surface area contributed by atoms with Crippen LogP contribution in [0.1, 0.15) is 18.4 Å². The van der Waals surface area contributed by atoms with E-state index in [0.717, 1.165) is 43.1 Å². The van der Waals surface area contributed by atoms with Gasteiger partial charge in [0.1, 0.15) is 0 Å². The third-order valence-electron chi connectivity index (χ3n) is 3.51. The minimum atomic E-state index is -0.248. The predicted octanol–water partition coefficient (Wildman–Crippen LogP) is 1.38. The number of hydrogen-bond donors (Lipinski definition) is 2. The summed E-state index contributed by atoms with van der Waals surface area (Å²) in [5.74, 6) is -0.248. The Morgan fingerprint density at radius 3 is 2.68 bits per heavy atom. The van der Waals surface area contributed by atoms with Crippen molar-refractivity contribution in [2.24, 2.45) is 5.73 Å². The Morgan fingerprint density at radius 2 is 2.05 bits per heavy atom. The van der Waals surface area contributed by atoms with E-state index in [9.17, 15) is 4.79 Å². The molecule has 0 radical (unpaired) electrons. The van der Waals surface area contributed by atoms with Crippen molar-refractivity contribution in [2.75, 3.05) is 19.6 Å². The lowest BCUT2D eigenvalue weighted by atomic mass is 10.0. The second kappa shape index (κ2) is 6.89. The van der Waals surface area contributed by atoms with Crippen molar-refractivity contribution in [3.05, 3.63) is 34.9 Å². The summed E-state index contributed by atoms with van der Waals surface area (Å²) in [6, 6.07) is 8.37. The van der Waals surface area contributed by atoms with Crippen molar-refractivity contribution in [3.8, 4) is 0 Å². The molecule has 104 valence electrons. The lowest BCUT2D eigenvalue weighted by molar-refractivity contribution is -0.119. The van der Waals surface area contributed by atoms with Gasteiger partial charge in [-0.05, 0) is 24.5 Å². The molecule has 0 aliphatic carbocycles. The maximum Gasteiger partial charge on any atom is 0.231 e. The van der Waals surface area contributed by atoms with Crippen molar-refractivity contribution in [1.82, 2.24) is 10.2 Å². The standard InChI is InChI=1S/C14H20ClN3O/c15-13-4-2-1-3-11(13)9-17-12-5-7-18(8-6-12)10-14(16)19/h1-4,12,17H,5-10H2,(H2,16,19). The van der Waals surface area contributed by atoms with Gasteiger partial charge in [-0.2, -0.15) is 0 Å². The summed E-state index contributed by atoms with van der Waals surface area (Å²) in [5, 5.41) is 4.33. The molecule has 1 aliphatic rings. The smallest absolute Gasteiger partial charge is 0.231 e. The van der Waals surface area contributed by atoms with Crippen molar-refractivity contribution in [3.63, 3.8) is 0 Å². The molecule has 4 nitrogen and oxygen atoms in total. The molecule has 1 heterocycles. The molecule has 0 saturated carbocycles. The van der Waals surface area contributed by atoms with E-state index in [1.54, 1.807) is 0 Å². The van der Waals surface area contributed by atoms with E-state index in [-0.39, 0.29) is 5.91 Å². The Balaban J connectivity index is 1.74. The van der Waals surface area contributed by atoms with E-state index < -0.39 is 0 Å². The fourth-order valence-electron chi connectivity index (χ4n) is 2.41. The SMILES string of the molecule is NC(=O)CN1CCC(NCc2ccccc2Cl)CC1. The van der Waals surface area contributed by atoms with Gasteiger partial charge >= 0.3 is 0 Å². The van der Waals surface area contributed by atoms with Crippen LogP contribution in [-0.4, -0.2) is 36.5 Å². The number of piperidine rings is 1. The van der Waals surface area contributed by atoms with Gasteiger partial charge in [-0.3, -0.25) is 9.69 Å². The van der Waals surface area contributed by atoms with Crippen molar-refractivity contribution < 1.29 is 4.79 Å². The van der Waals surface area contributed by atoms with E-state index >= 15 is 0 Å². The summed E-state index contributed by atoms with van der Waals surface area (Å²) in [6.45, 7) is 3.00. The monoisotopic (exact) mass is 281 g/mol. The number of halogens is 1. The van der Waals surface area contributed by atoms with Gasteiger partial charge in [-0.15, -0.1) is 0 Å². The zero-order valence-electron chi connectivity index (χ0n) is 10.9. The lowest BCUT2D eigenvalue weighted by Crippen LogP contribution is -2.45. The minimum absolute atomic E-state index is 0.248.